The van der Waals surface area contributed by atoms with Crippen LogP contribution in [0.15, 0.2) is 30.3 Å². The summed E-state index contributed by atoms with van der Waals surface area (Å²) in [6, 6.07) is 11.6. The smallest absolute Gasteiger partial charge is 0.223 e. The van der Waals surface area contributed by atoms with Crippen molar-refractivity contribution in [2.45, 2.75) is 63.3 Å². The molecular weight excluding hydrogens is 336 g/mol. The van der Waals surface area contributed by atoms with Gasteiger partial charge in [0.15, 0.2) is 0 Å². The number of fused-ring (bicyclic) bond motifs is 2. The third-order valence-corrected chi connectivity index (χ3v) is 5.82. The number of rotatable bonds is 3. The zero-order chi connectivity index (χ0) is 16.5. The first kappa shape index (κ1) is 18.7. The Morgan fingerprint density at radius 1 is 1.16 bits per heavy atom. The number of hydrogen-bond donors (Lipinski definition) is 1. The molecule has 4 unspecified atom stereocenters. The number of ether oxygens (including phenoxy) is 1. The quantitative estimate of drug-likeness (QED) is 0.894. The van der Waals surface area contributed by atoms with Crippen LogP contribution in [0.25, 0.3) is 0 Å². The molecule has 0 spiro atoms. The molecule has 0 saturated carbocycles. The van der Waals surface area contributed by atoms with Gasteiger partial charge in [-0.05, 0) is 44.1 Å². The zero-order valence-electron chi connectivity index (χ0n) is 14.9. The summed E-state index contributed by atoms with van der Waals surface area (Å²) in [5.74, 6) is 0.877. The summed E-state index contributed by atoms with van der Waals surface area (Å²) in [5, 5.41) is 3.66. The van der Waals surface area contributed by atoms with Gasteiger partial charge in [-0.25, -0.2) is 0 Å². The van der Waals surface area contributed by atoms with Crippen molar-refractivity contribution >= 4 is 18.3 Å². The van der Waals surface area contributed by atoms with Gasteiger partial charge in [0.25, 0.3) is 0 Å². The van der Waals surface area contributed by atoms with E-state index in [1.165, 1.54) is 31.2 Å². The van der Waals surface area contributed by atoms with Gasteiger partial charge in [-0.3, -0.25) is 4.79 Å². The van der Waals surface area contributed by atoms with Gasteiger partial charge in [0, 0.05) is 25.0 Å². The van der Waals surface area contributed by atoms with Gasteiger partial charge in [-0.2, -0.15) is 0 Å². The monoisotopic (exact) mass is 364 g/mol. The van der Waals surface area contributed by atoms with Gasteiger partial charge in [0.2, 0.25) is 5.91 Å². The van der Waals surface area contributed by atoms with Crippen LogP contribution < -0.4 is 5.32 Å². The maximum atomic E-state index is 12.9. The molecule has 3 saturated heterocycles. The summed E-state index contributed by atoms with van der Waals surface area (Å²) in [6.07, 6.45) is 5.73. The number of amides is 1. The van der Waals surface area contributed by atoms with Gasteiger partial charge in [0.1, 0.15) is 6.10 Å². The van der Waals surface area contributed by atoms with E-state index in [1.807, 2.05) is 23.1 Å². The highest BCUT2D eigenvalue weighted by Gasteiger charge is 2.36. The van der Waals surface area contributed by atoms with E-state index in [1.54, 1.807) is 0 Å². The summed E-state index contributed by atoms with van der Waals surface area (Å²) in [6.45, 7) is 3.48. The summed E-state index contributed by atoms with van der Waals surface area (Å²) in [7, 11) is 0. The molecule has 3 aliphatic rings. The molecule has 3 aliphatic heterocycles. The number of nitrogens with zero attached hydrogens (tertiary/aromatic N) is 1. The molecule has 1 amide bonds. The van der Waals surface area contributed by atoms with Crippen LogP contribution in [0.2, 0.25) is 0 Å². The second-order valence-electron chi connectivity index (χ2n) is 7.82. The highest BCUT2D eigenvalue weighted by Crippen LogP contribution is 2.33. The molecule has 0 radical (unpaired) electrons. The average molecular weight is 365 g/mol. The number of morpholine rings is 1. The Kier molecular flexibility index (Phi) is 6.03. The lowest BCUT2D eigenvalue weighted by Crippen LogP contribution is -2.47. The molecule has 2 bridgehead atoms. The van der Waals surface area contributed by atoms with Crippen molar-refractivity contribution in [3.05, 3.63) is 35.9 Å². The van der Waals surface area contributed by atoms with E-state index in [-0.39, 0.29) is 24.6 Å². The molecule has 1 aromatic carbocycles. The molecule has 1 N–H and O–H groups in total. The standard InChI is InChI=1S/C20H28N2O2.ClH/c1-14-12-22(13-19(24-14)16-5-3-2-4-6-16)20(23)11-15-9-17-7-8-18(10-15)21-17;/h2-6,14-15,17-19,21H,7-13H2,1H3;1H. The van der Waals surface area contributed by atoms with E-state index < -0.39 is 0 Å². The molecular formula is C20H29ClN2O2. The molecule has 5 heteroatoms. The number of piperidine rings is 1. The molecule has 3 heterocycles. The molecule has 25 heavy (non-hydrogen) atoms. The second kappa shape index (κ2) is 8.07. The first-order chi connectivity index (χ1) is 11.7. The van der Waals surface area contributed by atoms with Crippen LogP contribution in [0.4, 0.5) is 0 Å². The Morgan fingerprint density at radius 3 is 2.52 bits per heavy atom. The van der Waals surface area contributed by atoms with Crippen molar-refractivity contribution in [2.75, 3.05) is 13.1 Å². The summed E-state index contributed by atoms with van der Waals surface area (Å²) in [4.78, 5) is 14.9. The number of carbonyl (C=O) groups excluding carboxylic acids is 1. The van der Waals surface area contributed by atoms with Crippen LogP contribution in [0.3, 0.4) is 0 Å². The first-order valence-electron chi connectivity index (χ1n) is 9.41. The molecule has 1 aromatic rings. The molecule has 0 aromatic heterocycles. The zero-order valence-corrected chi connectivity index (χ0v) is 15.7. The fraction of sp³-hybridized carbons (Fsp3) is 0.650. The largest absolute Gasteiger partial charge is 0.367 e. The number of benzene rings is 1. The molecule has 3 fully saturated rings. The second-order valence-corrected chi connectivity index (χ2v) is 7.82. The molecule has 4 nitrogen and oxygen atoms in total. The minimum atomic E-state index is 0. The number of hydrogen-bond acceptors (Lipinski definition) is 3. The Hall–Kier alpha value is -1.10. The fourth-order valence-corrected chi connectivity index (χ4v) is 4.72. The normalized spacial score (nSPS) is 34.4. The molecule has 0 aliphatic carbocycles. The number of carbonyl (C=O) groups is 1. The van der Waals surface area contributed by atoms with E-state index in [9.17, 15) is 4.79 Å². The fourth-order valence-electron chi connectivity index (χ4n) is 4.72. The highest BCUT2D eigenvalue weighted by atomic mass is 35.5. The Labute approximate surface area is 156 Å². The topological polar surface area (TPSA) is 41.6 Å². The summed E-state index contributed by atoms with van der Waals surface area (Å²) in [5.41, 5.74) is 1.17. The van der Waals surface area contributed by atoms with Gasteiger partial charge in [0.05, 0.1) is 12.6 Å². The Morgan fingerprint density at radius 2 is 1.84 bits per heavy atom. The maximum Gasteiger partial charge on any atom is 0.223 e. The first-order valence-corrected chi connectivity index (χ1v) is 9.41. The van der Waals surface area contributed by atoms with Crippen molar-refractivity contribution in [2.24, 2.45) is 5.92 Å². The number of nitrogens with one attached hydrogen (secondary N) is 1. The van der Waals surface area contributed by atoms with E-state index in [0.717, 1.165) is 6.54 Å². The summed E-state index contributed by atoms with van der Waals surface area (Å²) < 4.78 is 6.08. The molecule has 4 rings (SSSR count). The lowest BCUT2D eigenvalue weighted by molar-refractivity contribution is -0.146. The minimum Gasteiger partial charge on any atom is -0.367 e. The molecule has 138 valence electrons. The van der Waals surface area contributed by atoms with Gasteiger partial charge in [-0.15, -0.1) is 12.4 Å². The molecule has 4 atom stereocenters. The lowest BCUT2D eigenvalue weighted by Gasteiger charge is -2.38. The van der Waals surface area contributed by atoms with Crippen LogP contribution in [-0.2, 0) is 9.53 Å². The Bertz CT molecular complexity index is 570. The van der Waals surface area contributed by atoms with Crippen molar-refractivity contribution in [1.29, 1.82) is 0 Å². The Balaban J connectivity index is 0.00000182. The van der Waals surface area contributed by atoms with E-state index in [0.29, 0.717) is 36.9 Å². The third-order valence-electron chi connectivity index (χ3n) is 5.82. The minimum absolute atomic E-state index is 0. The SMILES string of the molecule is CC1CN(C(=O)CC2CC3CCC(C2)N3)CC(c2ccccc2)O1.Cl. The van der Waals surface area contributed by atoms with Gasteiger partial charge in [-0.1, -0.05) is 30.3 Å². The van der Waals surface area contributed by atoms with Crippen LogP contribution in [0.5, 0.6) is 0 Å². The van der Waals surface area contributed by atoms with Gasteiger partial charge >= 0.3 is 0 Å². The van der Waals surface area contributed by atoms with Crippen molar-refractivity contribution in [3.63, 3.8) is 0 Å². The van der Waals surface area contributed by atoms with E-state index >= 15 is 0 Å². The van der Waals surface area contributed by atoms with Crippen molar-refractivity contribution in [1.82, 2.24) is 10.2 Å². The maximum absolute atomic E-state index is 12.9. The van der Waals surface area contributed by atoms with E-state index in [2.05, 4.69) is 24.4 Å². The predicted octanol–water partition coefficient (Wildman–Crippen LogP) is 3.32. The van der Waals surface area contributed by atoms with Crippen molar-refractivity contribution < 1.29 is 9.53 Å². The highest BCUT2D eigenvalue weighted by molar-refractivity contribution is 5.85. The summed E-state index contributed by atoms with van der Waals surface area (Å²) >= 11 is 0. The third kappa shape index (κ3) is 4.36. The lowest BCUT2D eigenvalue weighted by atomic mass is 9.89. The van der Waals surface area contributed by atoms with E-state index in [4.69, 9.17) is 4.74 Å². The van der Waals surface area contributed by atoms with Gasteiger partial charge < -0.3 is 15.0 Å². The average Bonchev–Trinajstić information content (AvgIpc) is 2.93. The van der Waals surface area contributed by atoms with Crippen molar-refractivity contribution in [3.8, 4) is 0 Å². The number of halogens is 1. The van der Waals surface area contributed by atoms with Crippen LogP contribution in [-0.4, -0.2) is 42.1 Å². The van der Waals surface area contributed by atoms with Crippen LogP contribution in [0.1, 0.15) is 50.7 Å². The predicted molar refractivity (Wildman–Crippen MR) is 101 cm³/mol. The van der Waals surface area contributed by atoms with Crippen LogP contribution in [0, 0.1) is 5.92 Å². The van der Waals surface area contributed by atoms with Crippen LogP contribution >= 0.6 is 12.4 Å².